The van der Waals surface area contributed by atoms with Gasteiger partial charge in [0.05, 0.1) is 5.69 Å². The summed E-state index contributed by atoms with van der Waals surface area (Å²) in [5.74, 6) is 1.98. The summed E-state index contributed by atoms with van der Waals surface area (Å²) in [7, 11) is 0. The van der Waals surface area contributed by atoms with Gasteiger partial charge in [-0.05, 0) is 67.1 Å². The van der Waals surface area contributed by atoms with Crippen LogP contribution in [0.15, 0.2) is 77.7 Å². The number of hydrogen-bond acceptors (Lipinski definition) is 6. The molecule has 0 amide bonds. The van der Waals surface area contributed by atoms with Crippen LogP contribution in [0.5, 0.6) is 11.6 Å². The van der Waals surface area contributed by atoms with Crippen LogP contribution in [0.25, 0.3) is 11.3 Å². The predicted molar refractivity (Wildman–Crippen MR) is 138 cm³/mol. The molecule has 6 heteroatoms. The van der Waals surface area contributed by atoms with E-state index in [1.165, 1.54) is 11.9 Å². The molecule has 1 aromatic heterocycles. The molecule has 0 saturated carbocycles. The first kappa shape index (κ1) is 22.7. The van der Waals surface area contributed by atoms with Gasteiger partial charge in [0.15, 0.2) is 0 Å². The van der Waals surface area contributed by atoms with E-state index in [9.17, 15) is 0 Å². The molecule has 0 saturated heterocycles. The lowest BCUT2D eigenvalue weighted by Gasteiger charge is -2.20. The number of rotatable bonds is 7. The fourth-order valence-electron chi connectivity index (χ4n) is 3.59. The molecule has 0 aliphatic heterocycles. The summed E-state index contributed by atoms with van der Waals surface area (Å²) in [6.07, 6.45) is 0. The summed E-state index contributed by atoms with van der Waals surface area (Å²) >= 11 is 1.42. The van der Waals surface area contributed by atoms with Gasteiger partial charge in [0, 0.05) is 21.7 Å². The predicted octanol–water partition coefficient (Wildman–Crippen LogP) is 7.38. The molecule has 5 nitrogen and oxygen atoms in total. The second-order valence-corrected chi connectivity index (χ2v) is 9.11. The Labute approximate surface area is 199 Å². The highest BCUT2D eigenvalue weighted by atomic mass is 32.2. The van der Waals surface area contributed by atoms with Gasteiger partial charge in [-0.2, -0.15) is 4.98 Å². The van der Waals surface area contributed by atoms with Crippen molar-refractivity contribution >= 4 is 23.6 Å². The van der Waals surface area contributed by atoms with Gasteiger partial charge in [-0.15, -0.1) is 0 Å². The molecule has 0 bridgehead atoms. The van der Waals surface area contributed by atoms with E-state index in [1.54, 1.807) is 0 Å². The van der Waals surface area contributed by atoms with E-state index in [1.807, 2.05) is 67.6 Å². The maximum Gasteiger partial charge on any atom is 0.237 e. The number of nitrogens with zero attached hydrogens (tertiary/aromatic N) is 2. The molecule has 33 heavy (non-hydrogen) atoms. The smallest absolute Gasteiger partial charge is 0.237 e. The normalized spacial score (nSPS) is 10.9. The molecule has 4 rings (SSSR count). The minimum absolute atomic E-state index is 0.161. The molecule has 0 spiro atoms. The van der Waals surface area contributed by atoms with Crippen molar-refractivity contribution in [3.63, 3.8) is 0 Å². The van der Waals surface area contributed by atoms with E-state index in [0.717, 1.165) is 38.6 Å². The third kappa shape index (κ3) is 5.29. The molecule has 0 radical (unpaired) electrons. The third-order valence-electron chi connectivity index (χ3n) is 5.31. The zero-order valence-electron chi connectivity index (χ0n) is 19.3. The van der Waals surface area contributed by atoms with E-state index >= 15 is 0 Å². The fourth-order valence-corrected chi connectivity index (χ4v) is 4.24. The van der Waals surface area contributed by atoms with Gasteiger partial charge in [0.2, 0.25) is 11.8 Å². The number of ether oxygens (including phenoxy) is 1. The van der Waals surface area contributed by atoms with Gasteiger partial charge in [0.25, 0.3) is 0 Å². The van der Waals surface area contributed by atoms with E-state index in [2.05, 4.69) is 37.6 Å². The molecule has 1 heterocycles. The molecule has 168 valence electrons. The molecule has 0 atom stereocenters. The summed E-state index contributed by atoms with van der Waals surface area (Å²) < 4.78 is 9.68. The minimum atomic E-state index is 0.161. The van der Waals surface area contributed by atoms with Crippen molar-refractivity contribution in [3.05, 3.63) is 89.5 Å². The van der Waals surface area contributed by atoms with Crippen LogP contribution in [0, 0.1) is 13.8 Å². The number of benzene rings is 3. The van der Waals surface area contributed by atoms with E-state index in [-0.39, 0.29) is 5.92 Å². The second kappa shape index (κ2) is 9.96. The van der Waals surface area contributed by atoms with Crippen molar-refractivity contribution in [2.24, 2.45) is 0 Å². The first-order valence-corrected chi connectivity index (χ1v) is 11.7. The van der Waals surface area contributed by atoms with Crippen LogP contribution in [0.1, 0.15) is 36.5 Å². The number of nitrogen functional groups attached to an aromatic ring is 1. The number of aromatic nitrogens is 2. The van der Waals surface area contributed by atoms with Crippen molar-refractivity contribution in [2.75, 3.05) is 10.5 Å². The van der Waals surface area contributed by atoms with Gasteiger partial charge in [0.1, 0.15) is 5.75 Å². The van der Waals surface area contributed by atoms with Gasteiger partial charge < -0.3 is 10.5 Å². The average molecular weight is 457 g/mol. The van der Waals surface area contributed by atoms with Crippen molar-refractivity contribution in [1.82, 2.24) is 9.97 Å². The zero-order chi connectivity index (χ0) is 23.4. The number of nitrogens with two attached hydrogens (primary N) is 1. The van der Waals surface area contributed by atoms with Crippen LogP contribution >= 0.6 is 11.9 Å². The number of anilines is 2. The summed E-state index contributed by atoms with van der Waals surface area (Å²) in [5.41, 5.74) is 11.8. The maximum absolute atomic E-state index is 6.40. The average Bonchev–Trinajstić information content (AvgIpc) is 2.79. The van der Waals surface area contributed by atoms with Gasteiger partial charge in [-0.3, -0.25) is 4.72 Å². The third-order valence-corrected chi connectivity index (χ3v) is 6.08. The summed E-state index contributed by atoms with van der Waals surface area (Å²) in [5, 5.41) is 0. The van der Waals surface area contributed by atoms with E-state index in [4.69, 9.17) is 20.4 Å². The number of para-hydroxylation sites is 1. The van der Waals surface area contributed by atoms with Crippen molar-refractivity contribution in [1.29, 1.82) is 0 Å². The molecule has 0 aliphatic rings. The Balaban J connectivity index is 1.82. The molecular weight excluding hydrogens is 428 g/mol. The fraction of sp³-hybridized carbons (Fsp3) is 0.185. The molecule has 3 aromatic carbocycles. The molecule has 0 unspecified atom stereocenters. The zero-order valence-corrected chi connectivity index (χ0v) is 20.1. The van der Waals surface area contributed by atoms with Crippen molar-refractivity contribution < 1.29 is 4.74 Å². The Morgan fingerprint density at radius 1 is 0.879 bits per heavy atom. The standard InChI is InChI=1S/C27H28N4OS/c1-17(2)24-25(22-14-7-5-10-18(22)3)29-27(31-33-21-13-9-12-20(28)16-21)30-26(24)32-23-15-8-6-11-19(23)4/h5-17H,28H2,1-4H3,(H,29,30,31). The monoisotopic (exact) mass is 456 g/mol. The highest BCUT2D eigenvalue weighted by molar-refractivity contribution is 8.00. The van der Waals surface area contributed by atoms with Gasteiger partial charge >= 0.3 is 0 Å². The molecule has 0 aliphatic carbocycles. The number of nitrogens with one attached hydrogen (secondary N) is 1. The first-order chi connectivity index (χ1) is 15.9. The maximum atomic E-state index is 6.40. The van der Waals surface area contributed by atoms with Crippen molar-refractivity contribution in [3.8, 4) is 22.9 Å². The number of aryl methyl sites for hydroxylation is 2. The Morgan fingerprint density at radius 3 is 2.30 bits per heavy atom. The Bertz CT molecular complexity index is 1270. The Hall–Kier alpha value is -3.51. The SMILES string of the molecule is Cc1ccccc1Oc1nc(NSc2cccc(N)c2)nc(-c2ccccc2C)c1C(C)C. The van der Waals surface area contributed by atoms with Crippen LogP contribution in [0.4, 0.5) is 11.6 Å². The number of hydrogen-bond donors (Lipinski definition) is 2. The molecule has 0 fully saturated rings. The molecule has 4 aromatic rings. The van der Waals surface area contributed by atoms with Gasteiger partial charge in [-0.25, -0.2) is 4.98 Å². The molecule has 3 N–H and O–H groups in total. The van der Waals surface area contributed by atoms with Crippen LogP contribution in [0.2, 0.25) is 0 Å². The van der Waals surface area contributed by atoms with Gasteiger partial charge in [-0.1, -0.05) is 62.4 Å². The molecular formula is C27H28N4OS. The second-order valence-electron chi connectivity index (χ2n) is 8.23. The van der Waals surface area contributed by atoms with Crippen molar-refractivity contribution in [2.45, 2.75) is 38.5 Å². The van der Waals surface area contributed by atoms with E-state index in [0.29, 0.717) is 17.5 Å². The van der Waals surface area contributed by atoms with Crippen LogP contribution in [-0.4, -0.2) is 9.97 Å². The topological polar surface area (TPSA) is 73.1 Å². The van der Waals surface area contributed by atoms with Crippen LogP contribution in [0.3, 0.4) is 0 Å². The largest absolute Gasteiger partial charge is 0.438 e. The summed E-state index contributed by atoms with van der Waals surface area (Å²) in [4.78, 5) is 10.7. The summed E-state index contributed by atoms with van der Waals surface area (Å²) in [6.45, 7) is 8.40. The highest BCUT2D eigenvalue weighted by Crippen LogP contribution is 2.39. The first-order valence-electron chi connectivity index (χ1n) is 10.9. The summed E-state index contributed by atoms with van der Waals surface area (Å²) in [6, 6.07) is 23.9. The minimum Gasteiger partial charge on any atom is -0.438 e. The lowest BCUT2D eigenvalue weighted by Crippen LogP contribution is -2.07. The Morgan fingerprint density at radius 2 is 1.61 bits per heavy atom. The quantitative estimate of drug-likeness (QED) is 0.223. The lowest BCUT2D eigenvalue weighted by molar-refractivity contribution is 0.449. The van der Waals surface area contributed by atoms with E-state index < -0.39 is 0 Å². The van der Waals surface area contributed by atoms with Crippen LogP contribution < -0.4 is 15.2 Å². The lowest BCUT2D eigenvalue weighted by atomic mass is 9.95. The Kier molecular flexibility index (Phi) is 6.84. The highest BCUT2D eigenvalue weighted by Gasteiger charge is 2.22. The van der Waals surface area contributed by atoms with Crippen LogP contribution in [-0.2, 0) is 0 Å².